The number of amides is 1. The van der Waals surface area contributed by atoms with E-state index in [4.69, 9.17) is 9.47 Å². The summed E-state index contributed by atoms with van der Waals surface area (Å²) < 4.78 is 38.7. The van der Waals surface area contributed by atoms with Crippen LogP contribution in [0.1, 0.15) is 19.4 Å². The second-order valence-corrected chi connectivity index (χ2v) is 5.85. The van der Waals surface area contributed by atoms with Gasteiger partial charge in [0.15, 0.2) is 5.79 Å². The van der Waals surface area contributed by atoms with Gasteiger partial charge in [-0.25, -0.2) is 0 Å². The average molecular weight is 297 g/mol. The summed E-state index contributed by atoms with van der Waals surface area (Å²) in [5.74, 6) is -5.43. The van der Waals surface area contributed by atoms with Crippen molar-refractivity contribution in [2.45, 2.75) is 44.2 Å². The van der Waals surface area contributed by atoms with Crippen LogP contribution in [-0.2, 0) is 20.8 Å². The van der Waals surface area contributed by atoms with Gasteiger partial charge in [-0.05, 0) is 19.4 Å². The number of hydrogen-bond acceptors (Lipinski definition) is 3. The van der Waals surface area contributed by atoms with Crippen LogP contribution in [-0.4, -0.2) is 41.3 Å². The number of rotatable bonds is 3. The second-order valence-electron chi connectivity index (χ2n) is 5.85. The summed E-state index contributed by atoms with van der Waals surface area (Å²) >= 11 is 0. The zero-order chi connectivity index (χ0) is 15.3. The first-order valence-electron chi connectivity index (χ1n) is 6.86. The van der Waals surface area contributed by atoms with Crippen LogP contribution in [0.15, 0.2) is 30.3 Å². The summed E-state index contributed by atoms with van der Waals surface area (Å²) in [6, 6.07) is 7.79. The molecule has 1 aromatic carbocycles. The molecule has 4 nitrogen and oxygen atoms in total. The van der Waals surface area contributed by atoms with E-state index < -0.39 is 29.8 Å². The maximum Gasteiger partial charge on any atom is 0.347 e. The van der Waals surface area contributed by atoms with Crippen LogP contribution >= 0.6 is 0 Å². The molecular formula is C15H17F2NO3. The van der Waals surface area contributed by atoms with Crippen LogP contribution in [0.25, 0.3) is 0 Å². The second kappa shape index (κ2) is 4.74. The number of β-lactam (4-membered cyclic amide) rings is 1. The minimum Gasteiger partial charge on any atom is -0.348 e. The van der Waals surface area contributed by atoms with Gasteiger partial charge in [0.1, 0.15) is 12.1 Å². The lowest BCUT2D eigenvalue weighted by Crippen LogP contribution is -2.73. The summed E-state index contributed by atoms with van der Waals surface area (Å²) in [6.45, 7) is 3.56. The molecule has 2 saturated heterocycles. The number of alkyl halides is 2. The van der Waals surface area contributed by atoms with Crippen molar-refractivity contribution >= 4 is 5.91 Å². The fraction of sp³-hybridized carbons (Fsp3) is 0.533. The topological polar surface area (TPSA) is 38.8 Å². The van der Waals surface area contributed by atoms with Crippen molar-refractivity contribution in [3.8, 4) is 0 Å². The number of halogens is 2. The molecule has 1 aromatic rings. The van der Waals surface area contributed by atoms with E-state index in [0.717, 1.165) is 5.56 Å². The van der Waals surface area contributed by atoms with Gasteiger partial charge < -0.3 is 14.4 Å². The molecule has 2 aliphatic rings. The Labute approximate surface area is 121 Å². The molecule has 0 bridgehead atoms. The Balaban J connectivity index is 1.78. The molecule has 2 heterocycles. The molecule has 0 radical (unpaired) electrons. The highest BCUT2D eigenvalue weighted by Gasteiger charge is 2.67. The van der Waals surface area contributed by atoms with Crippen molar-refractivity contribution in [2.24, 2.45) is 0 Å². The molecule has 21 heavy (non-hydrogen) atoms. The fourth-order valence-corrected chi connectivity index (χ4v) is 2.83. The van der Waals surface area contributed by atoms with E-state index in [2.05, 4.69) is 0 Å². The molecule has 2 atom stereocenters. The van der Waals surface area contributed by atoms with Crippen LogP contribution in [0, 0.1) is 0 Å². The van der Waals surface area contributed by atoms with E-state index in [1.807, 2.05) is 18.2 Å². The summed E-state index contributed by atoms with van der Waals surface area (Å²) in [6.07, 6.45) is -0.809. The zero-order valence-electron chi connectivity index (χ0n) is 11.9. The summed E-state index contributed by atoms with van der Waals surface area (Å²) in [7, 11) is 0. The van der Waals surface area contributed by atoms with E-state index in [1.54, 1.807) is 26.0 Å². The van der Waals surface area contributed by atoms with Crippen LogP contribution in [0.4, 0.5) is 8.78 Å². The predicted octanol–water partition coefficient (Wildman–Crippen LogP) is 2.18. The van der Waals surface area contributed by atoms with Gasteiger partial charge in [0, 0.05) is 6.54 Å². The van der Waals surface area contributed by atoms with Gasteiger partial charge in [-0.15, -0.1) is 0 Å². The fourth-order valence-electron chi connectivity index (χ4n) is 2.83. The maximum absolute atomic E-state index is 13.9. The Morgan fingerprint density at radius 2 is 1.95 bits per heavy atom. The van der Waals surface area contributed by atoms with Crippen LogP contribution in [0.2, 0.25) is 0 Å². The predicted molar refractivity (Wildman–Crippen MR) is 70.6 cm³/mol. The highest BCUT2D eigenvalue weighted by atomic mass is 19.3. The van der Waals surface area contributed by atoms with Crippen molar-refractivity contribution in [3.63, 3.8) is 0 Å². The number of benzene rings is 1. The first-order chi connectivity index (χ1) is 9.81. The molecule has 0 N–H and O–H groups in total. The van der Waals surface area contributed by atoms with Gasteiger partial charge in [0.25, 0.3) is 5.91 Å². The largest absolute Gasteiger partial charge is 0.348 e. The minimum absolute atomic E-state index is 0.0613. The standard InChI is InChI=1S/C15H17F2NO3/c1-14(2)20-9-11(21-14)12-15(16,17)13(19)18(12)8-10-6-4-3-5-7-10/h3-7,11-12H,8-9H2,1-2H3/t11-,12-/m1/s1. The van der Waals surface area contributed by atoms with Crippen molar-refractivity contribution in [3.05, 3.63) is 35.9 Å². The third kappa shape index (κ3) is 2.42. The third-order valence-corrected chi connectivity index (χ3v) is 3.83. The zero-order valence-corrected chi connectivity index (χ0v) is 11.9. The molecule has 0 aromatic heterocycles. The first-order valence-corrected chi connectivity index (χ1v) is 6.86. The number of hydrogen-bond donors (Lipinski definition) is 0. The number of nitrogens with zero attached hydrogens (tertiary/aromatic N) is 1. The van der Waals surface area contributed by atoms with Crippen LogP contribution < -0.4 is 0 Å². The maximum atomic E-state index is 13.9. The normalized spacial score (nSPS) is 30.3. The Hall–Kier alpha value is -1.53. The number of ether oxygens (including phenoxy) is 2. The van der Waals surface area contributed by atoms with Gasteiger partial charge in [-0.2, -0.15) is 8.78 Å². The van der Waals surface area contributed by atoms with Crippen molar-refractivity contribution < 1.29 is 23.0 Å². The molecule has 2 aliphatic heterocycles. The summed E-state index contributed by atoms with van der Waals surface area (Å²) in [4.78, 5) is 12.9. The Kier molecular flexibility index (Phi) is 3.26. The van der Waals surface area contributed by atoms with E-state index in [9.17, 15) is 13.6 Å². The van der Waals surface area contributed by atoms with Gasteiger partial charge in [-0.1, -0.05) is 30.3 Å². The monoisotopic (exact) mass is 297 g/mol. The molecule has 2 fully saturated rings. The van der Waals surface area contributed by atoms with Crippen molar-refractivity contribution in [1.29, 1.82) is 0 Å². The van der Waals surface area contributed by atoms with Gasteiger partial charge in [0.2, 0.25) is 0 Å². The highest BCUT2D eigenvalue weighted by Crippen LogP contribution is 2.43. The van der Waals surface area contributed by atoms with Gasteiger partial charge >= 0.3 is 5.92 Å². The van der Waals surface area contributed by atoms with Gasteiger partial charge in [-0.3, -0.25) is 4.79 Å². The molecule has 3 rings (SSSR count). The molecule has 6 heteroatoms. The van der Waals surface area contributed by atoms with E-state index in [-0.39, 0.29) is 13.2 Å². The molecule has 0 spiro atoms. The highest BCUT2D eigenvalue weighted by molar-refractivity contribution is 5.91. The molecular weight excluding hydrogens is 280 g/mol. The number of carbonyl (C=O) groups is 1. The molecule has 114 valence electrons. The van der Waals surface area contributed by atoms with E-state index in [1.165, 1.54) is 4.90 Å². The number of likely N-dealkylation sites (tertiary alicyclic amines) is 1. The lowest BCUT2D eigenvalue weighted by Gasteiger charge is -2.48. The van der Waals surface area contributed by atoms with Crippen molar-refractivity contribution in [1.82, 2.24) is 4.90 Å². The Bertz CT molecular complexity index is 547. The number of carbonyl (C=O) groups excluding carboxylic acids is 1. The Morgan fingerprint density at radius 1 is 1.29 bits per heavy atom. The average Bonchev–Trinajstić information content (AvgIpc) is 2.78. The van der Waals surface area contributed by atoms with Crippen LogP contribution in [0.5, 0.6) is 0 Å². The molecule has 0 unspecified atom stereocenters. The summed E-state index contributed by atoms with van der Waals surface area (Å²) in [5.41, 5.74) is 0.810. The van der Waals surface area contributed by atoms with Crippen LogP contribution in [0.3, 0.4) is 0 Å². The third-order valence-electron chi connectivity index (χ3n) is 3.83. The lowest BCUT2D eigenvalue weighted by molar-refractivity contribution is -0.229. The smallest absolute Gasteiger partial charge is 0.347 e. The quantitative estimate of drug-likeness (QED) is 0.803. The molecule has 0 aliphatic carbocycles. The summed E-state index contributed by atoms with van der Waals surface area (Å²) in [5, 5.41) is 0. The van der Waals surface area contributed by atoms with E-state index in [0.29, 0.717) is 0 Å². The van der Waals surface area contributed by atoms with E-state index >= 15 is 0 Å². The van der Waals surface area contributed by atoms with Crippen molar-refractivity contribution in [2.75, 3.05) is 6.61 Å². The SMILES string of the molecule is CC1(C)OC[C@H]([C@H]2N(Cc3ccccc3)C(=O)C2(F)F)O1. The van der Waals surface area contributed by atoms with Gasteiger partial charge in [0.05, 0.1) is 6.61 Å². The minimum atomic E-state index is -3.39. The first kappa shape index (κ1) is 14.4. The molecule has 0 saturated carbocycles. The Morgan fingerprint density at radius 3 is 2.52 bits per heavy atom. The molecule has 1 amide bonds. The lowest BCUT2D eigenvalue weighted by atomic mass is 9.91.